The van der Waals surface area contributed by atoms with Gasteiger partial charge in [-0.25, -0.2) is 4.68 Å². The molecule has 1 amide bonds. The number of carbonyl (C=O) groups excluding carboxylic acids is 1. The molecule has 0 unspecified atom stereocenters. The highest BCUT2D eigenvalue weighted by Crippen LogP contribution is 2.41. The van der Waals surface area contributed by atoms with E-state index in [1.54, 1.807) is 35.6 Å². The van der Waals surface area contributed by atoms with Gasteiger partial charge in [0, 0.05) is 10.6 Å². The van der Waals surface area contributed by atoms with Crippen LogP contribution in [-0.2, 0) is 24.2 Å². The van der Waals surface area contributed by atoms with Crippen molar-refractivity contribution in [2.45, 2.75) is 46.6 Å². The summed E-state index contributed by atoms with van der Waals surface area (Å²) in [5.74, 6) is 1.64. The molecule has 0 saturated carbocycles. The van der Waals surface area contributed by atoms with Gasteiger partial charge in [-0.1, -0.05) is 44.2 Å². The summed E-state index contributed by atoms with van der Waals surface area (Å²) in [7, 11) is 0. The Kier molecular flexibility index (Phi) is 6.15. The van der Waals surface area contributed by atoms with Crippen molar-refractivity contribution in [2.24, 2.45) is 11.3 Å². The quantitative estimate of drug-likeness (QED) is 0.405. The van der Waals surface area contributed by atoms with Crippen LogP contribution in [0.15, 0.2) is 59.4 Å². The monoisotopic (exact) mass is 488 g/mol. The second-order valence-electron chi connectivity index (χ2n) is 10.0. The number of rotatable bonds is 5. The minimum atomic E-state index is -0.339. The SMILES string of the molecule is CC(C)(C)[C@@H]1CCc2c(sc3nnn(CC(=O)Nc4ccc(Oc5ccccc5)cc4)c(=O)c23)C1. The molecular formula is C27H28N4O3S. The first-order valence-corrected chi connectivity index (χ1v) is 12.6. The zero-order valence-corrected chi connectivity index (χ0v) is 20.9. The first-order chi connectivity index (χ1) is 16.8. The summed E-state index contributed by atoms with van der Waals surface area (Å²) in [6.45, 7) is 6.61. The van der Waals surface area contributed by atoms with Crippen molar-refractivity contribution in [3.05, 3.63) is 75.4 Å². The summed E-state index contributed by atoms with van der Waals surface area (Å²) in [5, 5.41) is 11.8. The molecule has 8 heteroatoms. The van der Waals surface area contributed by atoms with E-state index in [2.05, 4.69) is 36.4 Å². The number of carbonyl (C=O) groups is 1. The number of hydrogen-bond donors (Lipinski definition) is 1. The van der Waals surface area contributed by atoms with Gasteiger partial charge in [-0.05, 0) is 72.6 Å². The van der Waals surface area contributed by atoms with E-state index in [-0.39, 0.29) is 23.4 Å². The maximum atomic E-state index is 13.2. The topological polar surface area (TPSA) is 86.1 Å². The zero-order valence-electron chi connectivity index (χ0n) is 20.1. The number of para-hydroxylation sites is 1. The van der Waals surface area contributed by atoms with Crippen LogP contribution in [0.4, 0.5) is 5.69 Å². The standard InChI is InChI=1S/C27H28N4O3S/c1-27(2,3)17-9-14-21-22(15-17)35-25-24(21)26(33)31(30-29-25)16-23(32)28-18-10-12-20(13-11-18)34-19-7-5-4-6-8-19/h4-8,10-13,17H,9,14-16H2,1-3H3,(H,28,32)/t17-/m1/s1. The van der Waals surface area contributed by atoms with Gasteiger partial charge in [-0.2, -0.15) is 0 Å². The Morgan fingerprint density at radius 2 is 1.83 bits per heavy atom. The predicted molar refractivity (Wildman–Crippen MR) is 138 cm³/mol. The van der Waals surface area contributed by atoms with Crippen molar-refractivity contribution in [3.8, 4) is 11.5 Å². The normalized spacial score (nSPS) is 15.6. The highest BCUT2D eigenvalue weighted by Gasteiger charge is 2.32. The molecule has 0 fully saturated rings. The summed E-state index contributed by atoms with van der Waals surface area (Å²) >= 11 is 1.57. The van der Waals surface area contributed by atoms with Gasteiger partial charge in [0.1, 0.15) is 18.0 Å². The molecule has 0 aliphatic heterocycles. The molecule has 2 aromatic carbocycles. The minimum absolute atomic E-state index is 0.195. The molecule has 4 aromatic rings. The summed E-state index contributed by atoms with van der Waals surface area (Å²) in [6.07, 6.45) is 2.88. The Hall–Kier alpha value is -3.52. The van der Waals surface area contributed by atoms with Crippen LogP contribution in [0.5, 0.6) is 11.5 Å². The van der Waals surface area contributed by atoms with Gasteiger partial charge in [-0.3, -0.25) is 9.59 Å². The third kappa shape index (κ3) is 4.98. The molecule has 2 aromatic heterocycles. The van der Waals surface area contributed by atoms with E-state index in [1.807, 2.05) is 30.3 Å². The lowest BCUT2D eigenvalue weighted by Crippen LogP contribution is -2.31. The number of nitrogens with zero attached hydrogens (tertiary/aromatic N) is 3. The van der Waals surface area contributed by atoms with Crippen LogP contribution in [0.1, 0.15) is 37.6 Å². The third-order valence-electron chi connectivity index (χ3n) is 6.57. The number of amides is 1. The van der Waals surface area contributed by atoms with E-state index < -0.39 is 0 Å². The van der Waals surface area contributed by atoms with Crippen LogP contribution in [0.25, 0.3) is 10.2 Å². The average Bonchev–Trinajstić information content (AvgIpc) is 3.21. The molecule has 0 radical (unpaired) electrons. The highest BCUT2D eigenvalue weighted by atomic mass is 32.1. The van der Waals surface area contributed by atoms with Gasteiger partial charge in [-0.15, -0.1) is 16.4 Å². The van der Waals surface area contributed by atoms with Gasteiger partial charge in [0.15, 0.2) is 4.83 Å². The van der Waals surface area contributed by atoms with Gasteiger partial charge < -0.3 is 10.1 Å². The fourth-order valence-corrected chi connectivity index (χ4v) is 5.77. The molecule has 7 nitrogen and oxygen atoms in total. The maximum Gasteiger partial charge on any atom is 0.279 e. The summed E-state index contributed by atoms with van der Waals surface area (Å²) < 4.78 is 6.94. The minimum Gasteiger partial charge on any atom is -0.457 e. The van der Waals surface area contributed by atoms with Crippen LogP contribution in [-0.4, -0.2) is 20.9 Å². The lowest BCUT2D eigenvalue weighted by molar-refractivity contribution is -0.117. The molecule has 1 N–H and O–H groups in total. The zero-order chi connectivity index (χ0) is 24.6. The Morgan fingerprint density at radius 3 is 2.54 bits per heavy atom. The second kappa shape index (κ2) is 9.26. The van der Waals surface area contributed by atoms with Gasteiger partial charge in [0.05, 0.1) is 5.39 Å². The number of thiophene rings is 1. The summed E-state index contributed by atoms with van der Waals surface area (Å²) in [4.78, 5) is 27.8. The van der Waals surface area contributed by atoms with Crippen molar-refractivity contribution < 1.29 is 9.53 Å². The first kappa shape index (κ1) is 23.2. The molecule has 5 rings (SSSR count). The lowest BCUT2D eigenvalue weighted by Gasteiger charge is -2.33. The van der Waals surface area contributed by atoms with Crippen molar-refractivity contribution in [1.29, 1.82) is 0 Å². The number of aromatic nitrogens is 3. The highest BCUT2D eigenvalue weighted by molar-refractivity contribution is 7.18. The van der Waals surface area contributed by atoms with E-state index >= 15 is 0 Å². The van der Waals surface area contributed by atoms with Crippen LogP contribution >= 0.6 is 11.3 Å². The molecule has 180 valence electrons. The van der Waals surface area contributed by atoms with Crippen molar-refractivity contribution in [1.82, 2.24) is 15.0 Å². The molecular weight excluding hydrogens is 460 g/mol. The van der Waals surface area contributed by atoms with Crippen molar-refractivity contribution in [2.75, 3.05) is 5.32 Å². The lowest BCUT2D eigenvalue weighted by atomic mass is 9.72. The van der Waals surface area contributed by atoms with Crippen LogP contribution in [0, 0.1) is 11.3 Å². The fourth-order valence-electron chi connectivity index (χ4n) is 4.54. The number of aryl methyl sites for hydroxylation is 1. The number of nitrogens with one attached hydrogen (secondary N) is 1. The molecule has 2 heterocycles. The molecule has 0 spiro atoms. The van der Waals surface area contributed by atoms with E-state index in [1.165, 1.54) is 4.88 Å². The Bertz CT molecular complexity index is 1420. The molecule has 1 aliphatic carbocycles. The molecule has 0 saturated heterocycles. The van der Waals surface area contributed by atoms with Crippen LogP contribution in [0.2, 0.25) is 0 Å². The Balaban J connectivity index is 1.29. The van der Waals surface area contributed by atoms with Crippen molar-refractivity contribution >= 4 is 33.1 Å². The largest absolute Gasteiger partial charge is 0.457 e. The smallest absolute Gasteiger partial charge is 0.279 e. The molecule has 0 bridgehead atoms. The summed E-state index contributed by atoms with van der Waals surface area (Å²) in [6, 6.07) is 16.6. The molecule has 1 aliphatic rings. The van der Waals surface area contributed by atoms with Gasteiger partial charge >= 0.3 is 0 Å². The van der Waals surface area contributed by atoms with E-state index in [0.29, 0.717) is 27.6 Å². The van der Waals surface area contributed by atoms with Gasteiger partial charge in [0.25, 0.3) is 5.56 Å². The number of hydrogen-bond acceptors (Lipinski definition) is 6. The molecule has 35 heavy (non-hydrogen) atoms. The average molecular weight is 489 g/mol. The summed E-state index contributed by atoms with van der Waals surface area (Å²) in [5.41, 5.74) is 1.68. The maximum absolute atomic E-state index is 13.2. The van der Waals surface area contributed by atoms with Crippen LogP contribution < -0.4 is 15.6 Å². The number of fused-ring (bicyclic) bond motifs is 3. The second-order valence-corrected chi connectivity index (χ2v) is 11.1. The van der Waals surface area contributed by atoms with E-state index in [4.69, 9.17) is 4.74 Å². The number of ether oxygens (including phenoxy) is 1. The van der Waals surface area contributed by atoms with E-state index in [0.717, 1.165) is 35.3 Å². The van der Waals surface area contributed by atoms with Gasteiger partial charge in [0.2, 0.25) is 5.91 Å². The number of anilines is 1. The fraction of sp³-hybridized carbons (Fsp3) is 0.333. The predicted octanol–water partition coefficient (Wildman–Crippen LogP) is 5.44. The molecule has 1 atom stereocenters. The first-order valence-electron chi connectivity index (χ1n) is 11.8. The third-order valence-corrected chi connectivity index (χ3v) is 7.71. The van der Waals surface area contributed by atoms with E-state index in [9.17, 15) is 9.59 Å². The number of benzene rings is 2. The Morgan fingerprint density at radius 1 is 1.11 bits per heavy atom. The Labute approximate surface area is 207 Å². The van der Waals surface area contributed by atoms with Crippen molar-refractivity contribution in [3.63, 3.8) is 0 Å². The van der Waals surface area contributed by atoms with Crippen LogP contribution in [0.3, 0.4) is 0 Å².